The second-order valence-electron chi connectivity index (χ2n) is 4.05. The van der Waals surface area contributed by atoms with E-state index in [1.165, 1.54) is 5.56 Å². The SMILES string of the molecule is CC[C@@H]1COC(/C(C)=C/c2ccccc2)=N1. The third-order valence-corrected chi connectivity index (χ3v) is 2.70. The fourth-order valence-electron chi connectivity index (χ4n) is 1.70. The third-order valence-electron chi connectivity index (χ3n) is 2.70. The summed E-state index contributed by atoms with van der Waals surface area (Å²) < 4.78 is 5.57. The molecule has 0 spiro atoms. The molecule has 16 heavy (non-hydrogen) atoms. The Labute approximate surface area is 96.7 Å². The maximum absolute atomic E-state index is 5.57. The van der Waals surface area contributed by atoms with Crippen LogP contribution in [0.5, 0.6) is 0 Å². The Morgan fingerprint density at radius 1 is 1.44 bits per heavy atom. The lowest BCUT2D eigenvalue weighted by Crippen LogP contribution is -2.03. The maximum atomic E-state index is 5.57. The average molecular weight is 215 g/mol. The number of aliphatic imine (C=N–C) groups is 1. The summed E-state index contributed by atoms with van der Waals surface area (Å²) in [6, 6.07) is 10.6. The first-order chi connectivity index (χ1) is 7.79. The molecule has 0 aliphatic carbocycles. The highest BCUT2D eigenvalue weighted by atomic mass is 16.5. The molecule has 1 aromatic carbocycles. The van der Waals surface area contributed by atoms with Crippen molar-refractivity contribution >= 4 is 12.0 Å². The molecule has 2 nitrogen and oxygen atoms in total. The predicted octanol–water partition coefficient (Wildman–Crippen LogP) is 3.30. The van der Waals surface area contributed by atoms with Gasteiger partial charge >= 0.3 is 0 Å². The van der Waals surface area contributed by atoms with Gasteiger partial charge in [-0.25, -0.2) is 4.99 Å². The summed E-state index contributed by atoms with van der Waals surface area (Å²) in [4.78, 5) is 4.53. The van der Waals surface area contributed by atoms with Crippen molar-refractivity contribution in [3.63, 3.8) is 0 Å². The van der Waals surface area contributed by atoms with Crippen LogP contribution < -0.4 is 0 Å². The van der Waals surface area contributed by atoms with Gasteiger partial charge in [-0.2, -0.15) is 0 Å². The van der Waals surface area contributed by atoms with Gasteiger partial charge in [0.05, 0.1) is 6.04 Å². The molecule has 1 aromatic rings. The molecule has 1 aliphatic rings. The van der Waals surface area contributed by atoms with E-state index in [4.69, 9.17) is 4.74 Å². The lowest BCUT2D eigenvalue weighted by molar-refractivity contribution is 0.314. The van der Waals surface area contributed by atoms with Gasteiger partial charge < -0.3 is 4.74 Å². The fraction of sp³-hybridized carbons (Fsp3) is 0.357. The lowest BCUT2D eigenvalue weighted by atomic mass is 10.1. The summed E-state index contributed by atoms with van der Waals surface area (Å²) >= 11 is 0. The van der Waals surface area contributed by atoms with Crippen LogP contribution in [0.15, 0.2) is 40.9 Å². The minimum atomic E-state index is 0.342. The summed E-state index contributed by atoms with van der Waals surface area (Å²) in [6.45, 7) is 4.91. The van der Waals surface area contributed by atoms with Crippen molar-refractivity contribution in [1.29, 1.82) is 0 Å². The molecule has 0 radical (unpaired) electrons. The van der Waals surface area contributed by atoms with Crippen molar-refractivity contribution in [2.24, 2.45) is 4.99 Å². The van der Waals surface area contributed by atoms with Crippen molar-refractivity contribution in [2.45, 2.75) is 26.3 Å². The number of rotatable bonds is 3. The van der Waals surface area contributed by atoms with Gasteiger partial charge in [0.1, 0.15) is 6.61 Å². The smallest absolute Gasteiger partial charge is 0.212 e. The summed E-state index contributed by atoms with van der Waals surface area (Å²) in [5, 5.41) is 0. The van der Waals surface area contributed by atoms with Crippen LogP contribution in [0.3, 0.4) is 0 Å². The minimum Gasteiger partial charge on any atom is -0.475 e. The lowest BCUT2D eigenvalue weighted by Gasteiger charge is -2.01. The molecule has 1 heterocycles. The second-order valence-corrected chi connectivity index (χ2v) is 4.05. The molecule has 0 saturated carbocycles. The largest absolute Gasteiger partial charge is 0.475 e. The third kappa shape index (κ3) is 2.51. The van der Waals surface area contributed by atoms with Crippen LogP contribution in [0.2, 0.25) is 0 Å². The van der Waals surface area contributed by atoms with E-state index in [1.54, 1.807) is 0 Å². The zero-order valence-corrected chi connectivity index (χ0v) is 9.81. The first-order valence-electron chi connectivity index (χ1n) is 5.74. The molecule has 1 atom stereocenters. The fourth-order valence-corrected chi connectivity index (χ4v) is 1.70. The van der Waals surface area contributed by atoms with E-state index in [2.05, 4.69) is 30.1 Å². The Morgan fingerprint density at radius 2 is 2.19 bits per heavy atom. The Hall–Kier alpha value is -1.57. The van der Waals surface area contributed by atoms with E-state index < -0.39 is 0 Å². The van der Waals surface area contributed by atoms with Gasteiger partial charge in [-0.15, -0.1) is 0 Å². The van der Waals surface area contributed by atoms with E-state index in [9.17, 15) is 0 Å². The van der Waals surface area contributed by atoms with Crippen molar-refractivity contribution in [2.75, 3.05) is 6.61 Å². The zero-order chi connectivity index (χ0) is 11.4. The first kappa shape index (κ1) is 10.9. The van der Waals surface area contributed by atoms with Crippen LogP contribution in [-0.4, -0.2) is 18.5 Å². The summed E-state index contributed by atoms with van der Waals surface area (Å²) in [5.41, 5.74) is 2.29. The van der Waals surface area contributed by atoms with Gasteiger partial charge in [0.2, 0.25) is 5.90 Å². The molecule has 0 aromatic heterocycles. The molecule has 0 amide bonds. The van der Waals surface area contributed by atoms with Crippen molar-refractivity contribution in [3.8, 4) is 0 Å². The summed E-state index contributed by atoms with van der Waals surface area (Å²) in [5.74, 6) is 0.802. The van der Waals surface area contributed by atoms with Gasteiger partial charge in [0.15, 0.2) is 0 Å². The monoisotopic (exact) mass is 215 g/mol. The first-order valence-corrected chi connectivity index (χ1v) is 5.74. The van der Waals surface area contributed by atoms with Gasteiger partial charge in [0.25, 0.3) is 0 Å². The zero-order valence-electron chi connectivity index (χ0n) is 9.81. The van der Waals surface area contributed by atoms with Gasteiger partial charge in [0, 0.05) is 5.57 Å². The highest BCUT2D eigenvalue weighted by Gasteiger charge is 2.17. The number of ether oxygens (including phenoxy) is 1. The minimum absolute atomic E-state index is 0.342. The van der Waals surface area contributed by atoms with Crippen LogP contribution >= 0.6 is 0 Å². The number of benzene rings is 1. The second kappa shape index (κ2) is 4.97. The van der Waals surface area contributed by atoms with Crippen molar-refractivity contribution in [1.82, 2.24) is 0 Å². The molecule has 1 aliphatic heterocycles. The van der Waals surface area contributed by atoms with E-state index in [0.717, 1.165) is 24.5 Å². The van der Waals surface area contributed by atoms with Gasteiger partial charge in [-0.05, 0) is 25.0 Å². The maximum Gasteiger partial charge on any atom is 0.212 e. The van der Waals surface area contributed by atoms with Crippen LogP contribution in [0, 0.1) is 0 Å². The van der Waals surface area contributed by atoms with Crippen LogP contribution in [0.1, 0.15) is 25.8 Å². The Kier molecular flexibility index (Phi) is 3.40. The van der Waals surface area contributed by atoms with Crippen molar-refractivity contribution < 1.29 is 4.74 Å². The highest BCUT2D eigenvalue weighted by Crippen LogP contribution is 2.15. The molecule has 0 saturated heterocycles. The van der Waals surface area contributed by atoms with E-state index in [-0.39, 0.29) is 0 Å². The standard InChI is InChI=1S/C14H17NO/c1-3-13-10-16-14(15-13)11(2)9-12-7-5-4-6-8-12/h4-9,13H,3,10H2,1-2H3/b11-9+/t13-/m1/s1. The highest BCUT2D eigenvalue weighted by molar-refractivity contribution is 5.98. The molecule has 0 bridgehead atoms. The quantitative estimate of drug-likeness (QED) is 0.758. The molecular weight excluding hydrogens is 198 g/mol. The van der Waals surface area contributed by atoms with Gasteiger partial charge in [-0.3, -0.25) is 0 Å². The van der Waals surface area contributed by atoms with E-state index >= 15 is 0 Å². The Morgan fingerprint density at radius 3 is 2.81 bits per heavy atom. The molecule has 2 rings (SSSR count). The summed E-state index contributed by atoms with van der Waals surface area (Å²) in [6.07, 6.45) is 3.15. The Balaban J connectivity index is 2.14. The Bertz CT molecular complexity index is 406. The number of nitrogens with zero attached hydrogens (tertiary/aromatic N) is 1. The molecule has 84 valence electrons. The predicted molar refractivity (Wildman–Crippen MR) is 67.6 cm³/mol. The van der Waals surface area contributed by atoms with E-state index in [0.29, 0.717) is 6.04 Å². The average Bonchev–Trinajstić information content (AvgIpc) is 2.79. The number of hydrogen-bond acceptors (Lipinski definition) is 2. The van der Waals surface area contributed by atoms with Crippen LogP contribution in [-0.2, 0) is 4.74 Å². The topological polar surface area (TPSA) is 21.6 Å². The van der Waals surface area contributed by atoms with Gasteiger partial charge in [-0.1, -0.05) is 37.3 Å². The summed E-state index contributed by atoms with van der Waals surface area (Å²) in [7, 11) is 0. The van der Waals surface area contributed by atoms with Crippen LogP contribution in [0.25, 0.3) is 6.08 Å². The number of hydrogen-bond donors (Lipinski definition) is 0. The normalized spacial score (nSPS) is 20.5. The molecule has 0 fully saturated rings. The molecule has 0 unspecified atom stereocenters. The molecule has 2 heteroatoms. The van der Waals surface area contributed by atoms with E-state index in [1.807, 2.05) is 25.1 Å². The van der Waals surface area contributed by atoms with Crippen molar-refractivity contribution in [3.05, 3.63) is 41.5 Å². The molecular formula is C14H17NO. The van der Waals surface area contributed by atoms with Crippen LogP contribution in [0.4, 0.5) is 0 Å². The molecule has 0 N–H and O–H groups in total.